The number of halogens is 1. The zero-order valence-electron chi connectivity index (χ0n) is 19.6. The SMILES string of the molecule is CN=C(NCc1ccn(-c2ccc(OC)cc2)n1)NCC(CC(C)C)N1CCOCC1.I. The van der Waals surface area contributed by atoms with Gasteiger partial charge in [0, 0.05) is 38.9 Å². The van der Waals surface area contributed by atoms with Crippen molar-refractivity contribution in [3.8, 4) is 11.4 Å². The minimum atomic E-state index is 0. The number of ether oxygens (including phenoxy) is 2. The van der Waals surface area contributed by atoms with Gasteiger partial charge < -0.3 is 20.1 Å². The van der Waals surface area contributed by atoms with Gasteiger partial charge in [-0.15, -0.1) is 24.0 Å². The lowest BCUT2D eigenvalue weighted by molar-refractivity contribution is 0.0132. The number of hydrogen-bond acceptors (Lipinski definition) is 5. The molecular formula is C23H37IN6O2. The molecule has 0 spiro atoms. The Morgan fingerprint density at radius 3 is 2.50 bits per heavy atom. The van der Waals surface area contributed by atoms with Crippen LogP contribution < -0.4 is 15.4 Å². The number of benzene rings is 1. The lowest BCUT2D eigenvalue weighted by atomic mass is 10.0. The fraction of sp³-hybridized carbons (Fsp3) is 0.565. The Hall–Kier alpha value is -1.85. The van der Waals surface area contributed by atoms with Gasteiger partial charge in [0.25, 0.3) is 0 Å². The van der Waals surface area contributed by atoms with Gasteiger partial charge in [0.2, 0.25) is 0 Å². The molecule has 2 aromatic rings. The molecule has 32 heavy (non-hydrogen) atoms. The van der Waals surface area contributed by atoms with Gasteiger partial charge >= 0.3 is 0 Å². The number of rotatable bonds is 9. The summed E-state index contributed by atoms with van der Waals surface area (Å²) >= 11 is 0. The number of guanidine groups is 1. The minimum absolute atomic E-state index is 0. The summed E-state index contributed by atoms with van der Waals surface area (Å²) in [7, 11) is 3.47. The van der Waals surface area contributed by atoms with Gasteiger partial charge in [0.05, 0.1) is 38.2 Å². The Morgan fingerprint density at radius 2 is 1.88 bits per heavy atom. The zero-order chi connectivity index (χ0) is 22.1. The molecule has 1 aromatic carbocycles. The second kappa shape index (κ2) is 13.6. The molecule has 0 bridgehead atoms. The van der Waals surface area contributed by atoms with Crippen LogP contribution in [0.2, 0.25) is 0 Å². The number of nitrogens with one attached hydrogen (secondary N) is 2. The van der Waals surface area contributed by atoms with Crippen molar-refractivity contribution in [1.29, 1.82) is 0 Å². The van der Waals surface area contributed by atoms with Gasteiger partial charge in [-0.05, 0) is 42.7 Å². The van der Waals surface area contributed by atoms with E-state index >= 15 is 0 Å². The van der Waals surface area contributed by atoms with Crippen LogP contribution >= 0.6 is 24.0 Å². The molecule has 0 saturated carbocycles. The van der Waals surface area contributed by atoms with Crippen LogP contribution in [0.4, 0.5) is 0 Å². The summed E-state index contributed by atoms with van der Waals surface area (Å²) in [4.78, 5) is 6.91. The maximum absolute atomic E-state index is 5.52. The van der Waals surface area contributed by atoms with E-state index in [1.807, 2.05) is 41.2 Å². The van der Waals surface area contributed by atoms with E-state index < -0.39 is 0 Å². The molecule has 9 heteroatoms. The molecule has 1 fully saturated rings. The molecule has 8 nitrogen and oxygen atoms in total. The Bertz CT molecular complexity index is 818. The average Bonchev–Trinajstić information content (AvgIpc) is 3.28. The summed E-state index contributed by atoms with van der Waals surface area (Å²) in [6, 6.07) is 10.3. The molecule has 3 rings (SSSR count). The third kappa shape index (κ3) is 7.93. The zero-order valence-corrected chi connectivity index (χ0v) is 21.9. The van der Waals surface area contributed by atoms with E-state index in [0.717, 1.165) is 62.4 Å². The van der Waals surface area contributed by atoms with E-state index in [-0.39, 0.29) is 24.0 Å². The number of nitrogens with zero attached hydrogens (tertiary/aromatic N) is 4. The van der Waals surface area contributed by atoms with Gasteiger partial charge in [-0.25, -0.2) is 4.68 Å². The van der Waals surface area contributed by atoms with Crippen molar-refractivity contribution in [1.82, 2.24) is 25.3 Å². The van der Waals surface area contributed by atoms with E-state index in [1.54, 1.807) is 14.2 Å². The summed E-state index contributed by atoms with van der Waals surface area (Å²) in [5.74, 6) is 2.27. The van der Waals surface area contributed by atoms with Gasteiger partial charge in [-0.3, -0.25) is 9.89 Å². The van der Waals surface area contributed by atoms with Gasteiger partial charge in [-0.1, -0.05) is 13.8 Å². The molecule has 1 aromatic heterocycles. The topological polar surface area (TPSA) is 75.9 Å². The highest BCUT2D eigenvalue weighted by Crippen LogP contribution is 2.15. The number of hydrogen-bond donors (Lipinski definition) is 2. The van der Waals surface area contributed by atoms with Crippen molar-refractivity contribution < 1.29 is 9.47 Å². The van der Waals surface area contributed by atoms with Crippen molar-refractivity contribution in [2.24, 2.45) is 10.9 Å². The molecule has 1 atom stereocenters. The quantitative estimate of drug-likeness (QED) is 0.281. The number of aromatic nitrogens is 2. The fourth-order valence-electron chi connectivity index (χ4n) is 3.79. The molecule has 0 radical (unpaired) electrons. The number of morpholine rings is 1. The van der Waals surface area contributed by atoms with Crippen LogP contribution in [0, 0.1) is 5.92 Å². The van der Waals surface area contributed by atoms with Crippen LogP contribution in [0.1, 0.15) is 26.0 Å². The normalized spacial score (nSPS) is 15.8. The smallest absolute Gasteiger partial charge is 0.191 e. The molecule has 2 N–H and O–H groups in total. The second-order valence-electron chi connectivity index (χ2n) is 8.19. The van der Waals surface area contributed by atoms with Crippen molar-refractivity contribution in [2.45, 2.75) is 32.9 Å². The Kier molecular flexibility index (Phi) is 11.3. The van der Waals surface area contributed by atoms with Crippen LogP contribution in [-0.2, 0) is 11.3 Å². The van der Waals surface area contributed by atoms with Crippen molar-refractivity contribution in [3.63, 3.8) is 0 Å². The summed E-state index contributed by atoms with van der Waals surface area (Å²) in [5, 5.41) is 11.5. The molecule has 0 amide bonds. The maximum Gasteiger partial charge on any atom is 0.191 e. The number of aliphatic imine (C=N–C) groups is 1. The van der Waals surface area contributed by atoms with Crippen LogP contribution in [0.25, 0.3) is 5.69 Å². The molecule has 2 heterocycles. The lowest BCUT2D eigenvalue weighted by Crippen LogP contribution is -2.51. The first-order valence-corrected chi connectivity index (χ1v) is 11.0. The predicted octanol–water partition coefficient (Wildman–Crippen LogP) is 2.91. The van der Waals surface area contributed by atoms with E-state index in [1.165, 1.54) is 0 Å². The highest BCUT2D eigenvalue weighted by molar-refractivity contribution is 14.0. The van der Waals surface area contributed by atoms with E-state index in [9.17, 15) is 0 Å². The van der Waals surface area contributed by atoms with Crippen LogP contribution in [0.15, 0.2) is 41.5 Å². The maximum atomic E-state index is 5.52. The average molecular weight is 556 g/mol. The Labute approximate surface area is 208 Å². The van der Waals surface area contributed by atoms with E-state index in [0.29, 0.717) is 18.5 Å². The van der Waals surface area contributed by atoms with Crippen LogP contribution in [-0.4, -0.2) is 73.7 Å². The minimum Gasteiger partial charge on any atom is -0.497 e. The van der Waals surface area contributed by atoms with Crippen molar-refractivity contribution in [3.05, 3.63) is 42.2 Å². The molecule has 1 aliphatic heterocycles. The van der Waals surface area contributed by atoms with Crippen molar-refractivity contribution >= 4 is 29.9 Å². The Balaban J connectivity index is 0.00000363. The standard InChI is InChI=1S/C23H36N6O2.HI/c1-18(2)15-21(28-11-13-31-14-12-28)17-26-23(24-3)25-16-19-9-10-29(27-19)20-5-7-22(30-4)8-6-20;/h5-10,18,21H,11-17H2,1-4H3,(H2,24,25,26);1H. The monoisotopic (exact) mass is 556 g/mol. The van der Waals surface area contributed by atoms with E-state index in [2.05, 4.69) is 39.5 Å². The molecule has 1 unspecified atom stereocenters. The second-order valence-corrected chi connectivity index (χ2v) is 8.19. The fourth-order valence-corrected chi connectivity index (χ4v) is 3.79. The lowest BCUT2D eigenvalue weighted by Gasteiger charge is -2.35. The first-order chi connectivity index (χ1) is 15.1. The van der Waals surface area contributed by atoms with E-state index in [4.69, 9.17) is 9.47 Å². The first kappa shape index (κ1) is 26.4. The van der Waals surface area contributed by atoms with Crippen LogP contribution in [0.3, 0.4) is 0 Å². The largest absolute Gasteiger partial charge is 0.497 e. The predicted molar refractivity (Wildman–Crippen MR) is 139 cm³/mol. The molecule has 1 saturated heterocycles. The van der Waals surface area contributed by atoms with Crippen LogP contribution in [0.5, 0.6) is 5.75 Å². The third-order valence-corrected chi connectivity index (χ3v) is 5.45. The Morgan fingerprint density at radius 1 is 1.16 bits per heavy atom. The molecular weight excluding hydrogens is 519 g/mol. The summed E-state index contributed by atoms with van der Waals surface area (Å²) < 4.78 is 12.6. The molecule has 178 valence electrons. The highest BCUT2D eigenvalue weighted by Gasteiger charge is 2.22. The van der Waals surface area contributed by atoms with Crippen molar-refractivity contribution in [2.75, 3.05) is 47.0 Å². The highest BCUT2D eigenvalue weighted by atomic mass is 127. The first-order valence-electron chi connectivity index (χ1n) is 11.0. The summed E-state index contributed by atoms with van der Waals surface area (Å²) in [6.07, 6.45) is 3.11. The summed E-state index contributed by atoms with van der Waals surface area (Å²) in [5.41, 5.74) is 1.95. The third-order valence-electron chi connectivity index (χ3n) is 5.45. The van der Waals surface area contributed by atoms with Gasteiger partial charge in [0.15, 0.2) is 5.96 Å². The molecule has 0 aliphatic carbocycles. The number of methoxy groups -OCH3 is 1. The van der Waals surface area contributed by atoms with Gasteiger partial charge in [0.1, 0.15) is 5.75 Å². The summed E-state index contributed by atoms with van der Waals surface area (Å²) in [6.45, 7) is 9.64. The van der Waals surface area contributed by atoms with Gasteiger partial charge in [-0.2, -0.15) is 5.10 Å². The molecule has 1 aliphatic rings.